The molecule has 0 bridgehead atoms. The van der Waals surface area contributed by atoms with Crippen molar-refractivity contribution in [1.29, 1.82) is 0 Å². The number of hydrogen-bond donors (Lipinski definition) is 1. The fourth-order valence-corrected chi connectivity index (χ4v) is 2.76. The van der Waals surface area contributed by atoms with Crippen LogP contribution in [0.15, 0.2) is 12.4 Å². The first-order chi connectivity index (χ1) is 10.1. The average molecular weight is 291 g/mol. The Labute approximate surface area is 128 Å². The molecular formula is C16H29N5. The molecular weight excluding hydrogens is 262 g/mol. The van der Waals surface area contributed by atoms with Gasteiger partial charge in [-0.3, -0.25) is 0 Å². The molecule has 0 aromatic carbocycles. The van der Waals surface area contributed by atoms with E-state index in [0.717, 1.165) is 44.2 Å². The van der Waals surface area contributed by atoms with Gasteiger partial charge in [0.05, 0.1) is 0 Å². The predicted octanol–water partition coefficient (Wildman–Crippen LogP) is 1.75. The smallest absolute Gasteiger partial charge is 0.225 e. The normalized spacial score (nSPS) is 20.8. The molecule has 5 nitrogen and oxygen atoms in total. The van der Waals surface area contributed by atoms with Gasteiger partial charge in [0.1, 0.15) is 0 Å². The highest BCUT2D eigenvalue weighted by atomic mass is 15.3. The monoisotopic (exact) mass is 291 g/mol. The van der Waals surface area contributed by atoms with Gasteiger partial charge in [-0.05, 0) is 39.4 Å². The standard InChI is InChI=1S/C16H29N5/c1-13(2)8-17-9-15-10-18-16(19-11-15)21-7-5-6-20(4)12-14(21)3/h10-11,13-14,17H,5-9,12H2,1-4H3. The van der Waals surface area contributed by atoms with Crippen LogP contribution < -0.4 is 10.2 Å². The van der Waals surface area contributed by atoms with Gasteiger partial charge in [0.2, 0.25) is 5.95 Å². The zero-order valence-corrected chi connectivity index (χ0v) is 13.8. The maximum absolute atomic E-state index is 4.57. The summed E-state index contributed by atoms with van der Waals surface area (Å²) < 4.78 is 0. The first kappa shape index (κ1) is 16.2. The number of aromatic nitrogens is 2. The Hall–Kier alpha value is -1.20. The van der Waals surface area contributed by atoms with Crippen molar-refractivity contribution in [3.63, 3.8) is 0 Å². The highest BCUT2D eigenvalue weighted by Gasteiger charge is 2.21. The van der Waals surface area contributed by atoms with Crippen molar-refractivity contribution in [2.24, 2.45) is 5.92 Å². The minimum absolute atomic E-state index is 0.461. The van der Waals surface area contributed by atoms with Crippen molar-refractivity contribution in [1.82, 2.24) is 20.2 Å². The Morgan fingerprint density at radius 1 is 1.29 bits per heavy atom. The Kier molecular flexibility index (Phi) is 5.94. The van der Waals surface area contributed by atoms with Crippen LogP contribution in [0.5, 0.6) is 0 Å². The number of nitrogens with zero attached hydrogens (tertiary/aromatic N) is 4. The molecule has 1 unspecified atom stereocenters. The number of hydrogen-bond acceptors (Lipinski definition) is 5. The zero-order valence-electron chi connectivity index (χ0n) is 13.8. The number of likely N-dealkylation sites (N-methyl/N-ethyl adjacent to an activating group) is 1. The van der Waals surface area contributed by atoms with Crippen LogP contribution in [0.2, 0.25) is 0 Å². The van der Waals surface area contributed by atoms with Crippen LogP contribution in [0.3, 0.4) is 0 Å². The molecule has 1 saturated heterocycles. The van der Waals surface area contributed by atoms with Crippen LogP contribution in [0.1, 0.15) is 32.8 Å². The summed E-state index contributed by atoms with van der Waals surface area (Å²) in [5.41, 5.74) is 1.15. The lowest BCUT2D eigenvalue weighted by molar-refractivity contribution is 0.337. The second kappa shape index (κ2) is 7.71. The average Bonchev–Trinajstić information content (AvgIpc) is 2.60. The SMILES string of the molecule is CC(C)CNCc1cnc(N2CCCN(C)CC2C)nc1. The molecule has 1 N–H and O–H groups in total. The van der Waals surface area contributed by atoms with Crippen molar-refractivity contribution in [2.45, 2.75) is 39.8 Å². The number of rotatable bonds is 5. The van der Waals surface area contributed by atoms with Crippen LogP contribution in [0.4, 0.5) is 5.95 Å². The van der Waals surface area contributed by atoms with E-state index < -0.39 is 0 Å². The molecule has 0 saturated carbocycles. The van der Waals surface area contributed by atoms with E-state index in [9.17, 15) is 0 Å². The molecule has 21 heavy (non-hydrogen) atoms. The summed E-state index contributed by atoms with van der Waals surface area (Å²) >= 11 is 0. The van der Waals surface area contributed by atoms with E-state index in [-0.39, 0.29) is 0 Å². The number of anilines is 1. The molecule has 0 aliphatic carbocycles. The minimum Gasteiger partial charge on any atom is -0.337 e. The van der Waals surface area contributed by atoms with Gasteiger partial charge < -0.3 is 15.1 Å². The van der Waals surface area contributed by atoms with Crippen LogP contribution in [0.25, 0.3) is 0 Å². The van der Waals surface area contributed by atoms with E-state index in [0.29, 0.717) is 12.0 Å². The van der Waals surface area contributed by atoms with E-state index in [1.165, 1.54) is 6.42 Å². The fourth-order valence-electron chi connectivity index (χ4n) is 2.76. The maximum Gasteiger partial charge on any atom is 0.225 e. The van der Waals surface area contributed by atoms with E-state index in [1.54, 1.807) is 0 Å². The van der Waals surface area contributed by atoms with Crippen LogP contribution >= 0.6 is 0 Å². The van der Waals surface area contributed by atoms with Gasteiger partial charge in [-0.25, -0.2) is 9.97 Å². The highest BCUT2D eigenvalue weighted by molar-refractivity contribution is 5.32. The molecule has 1 aliphatic rings. The largest absolute Gasteiger partial charge is 0.337 e. The molecule has 0 radical (unpaired) electrons. The molecule has 1 atom stereocenters. The third-order valence-corrected chi connectivity index (χ3v) is 3.88. The zero-order chi connectivity index (χ0) is 15.2. The molecule has 0 amide bonds. The summed E-state index contributed by atoms with van der Waals surface area (Å²) in [7, 11) is 2.18. The molecule has 2 heterocycles. The third kappa shape index (κ3) is 4.93. The molecule has 1 aromatic heterocycles. The second-order valence-corrected chi connectivity index (χ2v) is 6.57. The second-order valence-electron chi connectivity index (χ2n) is 6.57. The Morgan fingerprint density at radius 2 is 2.00 bits per heavy atom. The lowest BCUT2D eigenvalue weighted by atomic mass is 10.2. The lowest BCUT2D eigenvalue weighted by Crippen LogP contribution is -2.39. The van der Waals surface area contributed by atoms with Crippen molar-refractivity contribution in [2.75, 3.05) is 38.1 Å². The highest BCUT2D eigenvalue weighted by Crippen LogP contribution is 2.15. The van der Waals surface area contributed by atoms with Gasteiger partial charge >= 0.3 is 0 Å². The number of nitrogens with one attached hydrogen (secondary N) is 1. The summed E-state index contributed by atoms with van der Waals surface area (Å²) in [6, 6.07) is 0.461. The van der Waals surface area contributed by atoms with E-state index in [1.807, 2.05) is 12.4 Å². The maximum atomic E-state index is 4.57. The van der Waals surface area contributed by atoms with Gasteiger partial charge in [-0.2, -0.15) is 0 Å². The first-order valence-electron chi connectivity index (χ1n) is 8.03. The van der Waals surface area contributed by atoms with Crippen LogP contribution in [0, 0.1) is 5.92 Å². The van der Waals surface area contributed by atoms with E-state index in [4.69, 9.17) is 0 Å². The Bertz CT molecular complexity index is 417. The van der Waals surface area contributed by atoms with Crippen molar-refractivity contribution < 1.29 is 0 Å². The van der Waals surface area contributed by atoms with Crippen molar-refractivity contribution in [3.05, 3.63) is 18.0 Å². The van der Waals surface area contributed by atoms with Gasteiger partial charge in [0, 0.05) is 43.6 Å². The Balaban J connectivity index is 1.94. The van der Waals surface area contributed by atoms with E-state index >= 15 is 0 Å². The van der Waals surface area contributed by atoms with Gasteiger partial charge in [0.15, 0.2) is 0 Å². The van der Waals surface area contributed by atoms with Gasteiger partial charge in [-0.15, -0.1) is 0 Å². The van der Waals surface area contributed by atoms with Crippen LogP contribution in [-0.2, 0) is 6.54 Å². The van der Waals surface area contributed by atoms with Gasteiger partial charge in [0.25, 0.3) is 0 Å². The molecule has 1 fully saturated rings. The molecule has 5 heteroatoms. The molecule has 1 aliphatic heterocycles. The summed E-state index contributed by atoms with van der Waals surface area (Å²) in [5, 5.41) is 3.42. The fraction of sp³-hybridized carbons (Fsp3) is 0.750. The molecule has 118 valence electrons. The third-order valence-electron chi connectivity index (χ3n) is 3.88. The quantitative estimate of drug-likeness (QED) is 0.895. The minimum atomic E-state index is 0.461. The first-order valence-corrected chi connectivity index (χ1v) is 8.03. The van der Waals surface area contributed by atoms with Gasteiger partial charge in [-0.1, -0.05) is 13.8 Å². The molecule has 1 aromatic rings. The van der Waals surface area contributed by atoms with Crippen molar-refractivity contribution >= 4 is 5.95 Å². The summed E-state index contributed by atoms with van der Waals surface area (Å²) in [6.07, 6.45) is 5.08. The Morgan fingerprint density at radius 3 is 2.67 bits per heavy atom. The van der Waals surface area contributed by atoms with E-state index in [2.05, 4.69) is 52.9 Å². The van der Waals surface area contributed by atoms with Crippen molar-refractivity contribution in [3.8, 4) is 0 Å². The van der Waals surface area contributed by atoms with Crippen LogP contribution in [-0.4, -0.2) is 54.1 Å². The summed E-state index contributed by atoms with van der Waals surface area (Å²) in [6.45, 7) is 11.8. The molecule has 2 rings (SSSR count). The molecule has 0 spiro atoms. The summed E-state index contributed by atoms with van der Waals surface area (Å²) in [4.78, 5) is 13.9. The lowest BCUT2D eigenvalue weighted by Gasteiger charge is -2.27. The summed E-state index contributed by atoms with van der Waals surface area (Å²) in [5.74, 6) is 1.53. The predicted molar refractivity (Wildman–Crippen MR) is 87.5 cm³/mol. The topological polar surface area (TPSA) is 44.3 Å².